The van der Waals surface area contributed by atoms with Gasteiger partial charge in [0.05, 0.1) is 24.9 Å². The number of hydrogen-bond acceptors (Lipinski definition) is 3. The molecular formula is C13H14BrClN2O4. The number of halogens is 2. The van der Waals surface area contributed by atoms with E-state index >= 15 is 0 Å². The van der Waals surface area contributed by atoms with Crippen LogP contribution in [0.4, 0.5) is 10.5 Å². The van der Waals surface area contributed by atoms with Gasteiger partial charge in [0, 0.05) is 16.5 Å². The maximum absolute atomic E-state index is 12.2. The molecule has 0 aromatic heterocycles. The standard InChI is InChI=1S/C13H14BrClN2O4/c1-17(11-6-21-5-8(11)12(18)19)13(20)16-10-4-7(15)2-3-9(10)14/h2-4,8,11H,5-6H2,1H3,(H,16,20)(H,18,19). The quantitative estimate of drug-likeness (QED) is 0.849. The van der Waals surface area contributed by atoms with Crippen LogP contribution >= 0.6 is 27.5 Å². The van der Waals surface area contributed by atoms with Crippen LogP contribution in [0.3, 0.4) is 0 Å². The van der Waals surface area contributed by atoms with Crippen molar-refractivity contribution < 1.29 is 19.4 Å². The Morgan fingerprint density at radius 2 is 2.19 bits per heavy atom. The fraction of sp³-hybridized carbons (Fsp3) is 0.385. The molecule has 2 unspecified atom stereocenters. The molecule has 6 nitrogen and oxygen atoms in total. The molecule has 1 heterocycles. The Hall–Kier alpha value is -1.31. The third-order valence-corrected chi connectivity index (χ3v) is 4.28. The number of benzene rings is 1. The van der Waals surface area contributed by atoms with Crippen molar-refractivity contribution in [2.75, 3.05) is 25.6 Å². The number of carbonyl (C=O) groups excluding carboxylic acids is 1. The zero-order valence-corrected chi connectivity index (χ0v) is 13.5. The van der Waals surface area contributed by atoms with Crippen molar-refractivity contribution in [3.05, 3.63) is 27.7 Å². The second kappa shape index (κ2) is 6.64. The Bertz CT molecular complexity index is 569. The Balaban J connectivity index is 2.09. The van der Waals surface area contributed by atoms with E-state index in [9.17, 15) is 9.59 Å². The monoisotopic (exact) mass is 376 g/mol. The second-order valence-electron chi connectivity index (χ2n) is 4.71. The highest BCUT2D eigenvalue weighted by molar-refractivity contribution is 9.10. The summed E-state index contributed by atoms with van der Waals surface area (Å²) >= 11 is 9.20. The molecule has 1 saturated heterocycles. The van der Waals surface area contributed by atoms with Crippen LogP contribution in [0.5, 0.6) is 0 Å². The number of nitrogens with one attached hydrogen (secondary N) is 1. The van der Waals surface area contributed by atoms with Crippen LogP contribution in [-0.2, 0) is 9.53 Å². The molecule has 1 fully saturated rings. The van der Waals surface area contributed by atoms with Crippen molar-refractivity contribution >= 4 is 45.2 Å². The summed E-state index contributed by atoms with van der Waals surface area (Å²) < 4.78 is 5.85. The van der Waals surface area contributed by atoms with E-state index < -0.39 is 24.0 Å². The minimum Gasteiger partial charge on any atom is -0.481 e. The Morgan fingerprint density at radius 1 is 1.48 bits per heavy atom. The molecular weight excluding hydrogens is 364 g/mol. The number of carboxylic acid groups (broad SMARTS) is 1. The first-order valence-electron chi connectivity index (χ1n) is 6.19. The molecule has 0 aliphatic carbocycles. The van der Waals surface area contributed by atoms with E-state index in [0.29, 0.717) is 15.2 Å². The van der Waals surface area contributed by atoms with Gasteiger partial charge in [0.2, 0.25) is 0 Å². The smallest absolute Gasteiger partial charge is 0.321 e. The van der Waals surface area contributed by atoms with Crippen molar-refractivity contribution in [3.63, 3.8) is 0 Å². The molecule has 2 N–H and O–H groups in total. The van der Waals surface area contributed by atoms with E-state index in [1.165, 1.54) is 4.90 Å². The maximum atomic E-state index is 12.2. The van der Waals surface area contributed by atoms with Gasteiger partial charge in [-0.3, -0.25) is 4.79 Å². The molecule has 114 valence electrons. The van der Waals surface area contributed by atoms with Gasteiger partial charge in [-0.05, 0) is 34.1 Å². The van der Waals surface area contributed by atoms with E-state index in [2.05, 4.69) is 21.2 Å². The van der Waals surface area contributed by atoms with Gasteiger partial charge >= 0.3 is 12.0 Å². The lowest BCUT2D eigenvalue weighted by Crippen LogP contribution is -2.45. The topological polar surface area (TPSA) is 78.9 Å². The predicted molar refractivity (Wildman–Crippen MR) is 81.7 cm³/mol. The van der Waals surface area contributed by atoms with E-state index in [-0.39, 0.29) is 13.2 Å². The number of hydrogen-bond donors (Lipinski definition) is 2. The first-order valence-corrected chi connectivity index (χ1v) is 7.36. The lowest BCUT2D eigenvalue weighted by Gasteiger charge is -2.26. The summed E-state index contributed by atoms with van der Waals surface area (Å²) in [5.74, 6) is -1.69. The van der Waals surface area contributed by atoms with Crippen LogP contribution < -0.4 is 5.32 Å². The van der Waals surface area contributed by atoms with Gasteiger partial charge in [-0.2, -0.15) is 0 Å². The largest absolute Gasteiger partial charge is 0.481 e. The molecule has 0 radical (unpaired) electrons. The normalized spacial score (nSPS) is 21.1. The average molecular weight is 378 g/mol. The minimum atomic E-state index is -0.971. The van der Waals surface area contributed by atoms with Crippen LogP contribution in [0.15, 0.2) is 22.7 Å². The van der Waals surface area contributed by atoms with E-state index in [4.69, 9.17) is 21.4 Å². The second-order valence-corrected chi connectivity index (χ2v) is 6.01. The summed E-state index contributed by atoms with van der Waals surface area (Å²) in [7, 11) is 1.54. The predicted octanol–water partition coefficient (Wildman–Crippen LogP) is 2.67. The summed E-state index contributed by atoms with van der Waals surface area (Å²) in [4.78, 5) is 24.7. The zero-order chi connectivity index (χ0) is 15.6. The highest BCUT2D eigenvalue weighted by Crippen LogP contribution is 2.27. The van der Waals surface area contributed by atoms with Gasteiger partial charge in [-0.1, -0.05) is 11.6 Å². The van der Waals surface area contributed by atoms with Gasteiger partial charge in [0.25, 0.3) is 0 Å². The molecule has 21 heavy (non-hydrogen) atoms. The Labute approximate surface area is 135 Å². The highest BCUT2D eigenvalue weighted by Gasteiger charge is 2.38. The molecule has 0 spiro atoms. The van der Waals surface area contributed by atoms with Crippen LogP contribution in [0.1, 0.15) is 0 Å². The number of ether oxygens (including phenoxy) is 1. The fourth-order valence-corrected chi connectivity index (χ4v) is 2.63. The number of anilines is 1. The number of likely N-dealkylation sites (N-methyl/N-ethyl adjacent to an activating group) is 1. The van der Waals surface area contributed by atoms with Gasteiger partial charge in [0.15, 0.2) is 0 Å². The fourth-order valence-electron chi connectivity index (χ4n) is 2.11. The van der Waals surface area contributed by atoms with Gasteiger partial charge in [-0.25, -0.2) is 4.79 Å². The number of aliphatic carboxylic acids is 1. The molecule has 1 aliphatic heterocycles. The molecule has 0 saturated carbocycles. The summed E-state index contributed by atoms with van der Waals surface area (Å²) in [6, 6.07) is 4.10. The van der Waals surface area contributed by atoms with Crippen molar-refractivity contribution in [2.45, 2.75) is 6.04 Å². The highest BCUT2D eigenvalue weighted by atomic mass is 79.9. The van der Waals surface area contributed by atoms with Crippen molar-refractivity contribution in [1.29, 1.82) is 0 Å². The molecule has 8 heteroatoms. The van der Waals surface area contributed by atoms with Gasteiger partial charge in [0.1, 0.15) is 5.92 Å². The van der Waals surface area contributed by atoms with Gasteiger partial charge in [-0.15, -0.1) is 0 Å². The van der Waals surface area contributed by atoms with Crippen molar-refractivity contribution in [2.24, 2.45) is 5.92 Å². The SMILES string of the molecule is CN(C(=O)Nc1cc(Cl)ccc1Br)C1COCC1C(=O)O. The minimum absolute atomic E-state index is 0.110. The summed E-state index contributed by atoms with van der Waals surface area (Å²) in [6.45, 7) is 0.316. The molecule has 2 amide bonds. The van der Waals surface area contributed by atoms with E-state index in [1.54, 1.807) is 25.2 Å². The first kappa shape index (κ1) is 16.1. The van der Waals surface area contributed by atoms with E-state index in [0.717, 1.165) is 0 Å². The number of urea groups is 1. The molecule has 0 bridgehead atoms. The third kappa shape index (κ3) is 3.66. The number of carbonyl (C=O) groups is 2. The summed E-state index contributed by atoms with van der Waals surface area (Å²) in [5, 5.41) is 12.3. The number of rotatable bonds is 3. The van der Waals surface area contributed by atoms with Crippen molar-refractivity contribution in [1.82, 2.24) is 4.90 Å². The molecule has 2 rings (SSSR count). The van der Waals surface area contributed by atoms with E-state index in [1.807, 2.05) is 0 Å². The zero-order valence-electron chi connectivity index (χ0n) is 11.2. The lowest BCUT2D eigenvalue weighted by molar-refractivity contribution is -0.142. The van der Waals surface area contributed by atoms with Crippen LogP contribution in [0.2, 0.25) is 5.02 Å². The van der Waals surface area contributed by atoms with Crippen LogP contribution in [0, 0.1) is 5.92 Å². The molecule has 1 aliphatic rings. The molecule has 1 aromatic rings. The average Bonchev–Trinajstić information content (AvgIpc) is 2.91. The first-order chi connectivity index (χ1) is 9.90. The third-order valence-electron chi connectivity index (χ3n) is 3.36. The number of carboxylic acids is 1. The van der Waals surface area contributed by atoms with Crippen molar-refractivity contribution in [3.8, 4) is 0 Å². The number of nitrogens with zero attached hydrogens (tertiary/aromatic N) is 1. The Kier molecular flexibility index (Phi) is 5.08. The lowest BCUT2D eigenvalue weighted by atomic mass is 10.0. The maximum Gasteiger partial charge on any atom is 0.321 e. The Morgan fingerprint density at radius 3 is 2.86 bits per heavy atom. The summed E-state index contributed by atoms with van der Waals surface area (Å²) in [6.07, 6.45) is 0. The molecule has 1 aromatic carbocycles. The summed E-state index contributed by atoms with van der Waals surface area (Å²) in [5.41, 5.74) is 0.519. The number of amides is 2. The molecule has 2 atom stereocenters. The van der Waals surface area contributed by atoms with Crippen LogP contribution in [0.25, 0.3) is 0 Å². The van der Waals surface area contributed by atoms with Crippen LogP contribution in [-0.4, -0.2) is 48.3 Å². The van der Waals surface area contributed by atoms with Gasteiger partial charge < -0.3 is 20.1 Å².